The molecule has 1 aromatic heterocycles. The van der Waals surface area contributed by atoms with E-state index in [0.29, 0.717) is 11.7 Å². The summed E-state index contributed by atoms with van der Waals surface area (Å²) in [6, 6.07) is 2.66. The number of hydrogen-bond donors (Lipinski definition) is 0. The first kappa shape index (κ1) is 11.8. The van der Waals surface area contributed by atoms with Crippen LogP contribution in [0.25, 0.3) is 0 Å². The molecular formula is C13H18N4. The lowest BCUT2D eigenvalue weighted by Crippen LogP contribution is -2.37. The van der Waals surface area contributed by atoms with Crippen molar-refractivity contribution < 1.29 is 0 Å². The average molecular weight is 230 g/mol. The molecule has 0 spiro atoms. The molecular weight excluding hydrogens is 212 g/mol. The highest BCUT2D eigenvalue weighted by Gasteiger charge is 2.23. The SMILES string of the molecule is CCN(c1nccnc1C#N)C1CCCCC1. The van der Waals surface area contributed by atoms with Crippen molar-refractivity contribution in [1.29, 1.82) is 5.26 Å². The van der Waals surface area contributed by atoms with Crippen LogP contribution in [0.15, 0.2) is 12.4 Å². The molecule has 1 fully saturated rings. The maximum atomic E-state index is 9.08. The predicted molar refractivity (Wildman–Crippen MR) is 66.6 cm³/mol. The van der Waals surface area contributed by atoms with E-state index in [4.69, 9.17) is 5.26 Å². The molecule has 0 atom stereocenters. The summed E-state index contributed by atoms with van der Waals surface area (Å²) < 4.78 is 0. The third kappa shape index (κ3) is 2.55. The Hall–Kier alpha value is -1.63. The topological polar surface area (TPSA) is 52.8 Å². The van der Waals surface area contributed by atoms with Gasteiger partial charge in [0, 0.05) is 25.0 Å². The summed E-state index contributed by atoms with van der Waals surface area (Å²) in [6.07, 6.45) is 9.55. The second-order valence-corrected chi connectivity index (χ2v) is 4.42. The van der Waals surface area contributed by atoms with Gasteiger partial charge in [0.05, 0.1) is 0 Å². The number of anilines is 1. The Morgan fingerprint density at radius 1 is 1.29 bits per heavy atom. The molecule has 90 valence electrons. The lowest BCUT2D eigenvalue weighted by atomic mass is 9.94. The fourth-order valence-corrected chi connectivity index (χ4v) is 2.59. The van der Waals surface area contributed by atoms with Gasteiger partial charge in [-0.25, -0.2) is 9.97 Å². The van der Waals surface area contributed by atoms with Gasteiger partial charge in [-0.3, -0.25) is 0 Å². The van der Waals surface area contributed by atoms with Gasteiger partial charge in [-0.15, -0.1) is 0 Å². The van der Waals surface area contributed by atoms with Crippen molar-refractivity contribution in [1.82, 2.24) is 9.97 Å². The first-order valence-corrected chi connectivity index (χ1v) is 6.34. The Morgan fingerprint density at radius 3 is 2.65 bits per heavy atom. The minimum atomic E-state index is 0.444. The van der Waals surface area contributed by atoms with Crippen LogP contribution in [0.1, 0.15) is 44.7 Å². The summed E-state index contributed by atoms with van der Waals surface area (Å²) in [4.78, 5) is 10.7. The summed E-state index contributed by atoms with van der Waals surface area (Å²) in [7, 11) is 0. The van der Waals surface area contributed by atoms with Gasteiger partial charge in [-0.2, -0.15) is 5.26 Å². The number of aromatic nitrogens is 2. The Bertz CT molecular complexity index is 404. The molecule has 0 N–H and O–H groups in total. The van der Waals surface area contributed by atoms with Crippen LogP contribution in [0.2, 0.25) is 0 Å². The summed E-state index contributed by atoms with van der Waals surface area (Å²) >= 11 is 0. The molecule has 1 aliphatic rings. The van der Waals surface area contributed by atoms with Crippen LogP contribution in [0.5, 0.6) is 0 Å². The Balaban J connectivity index is 2.25. The molecule has 0 saturated heterocycles. The highest BCUT2D eigenvalue weighted by molar-refractivity contribution is 5.50. The van der Waals surface area contributed by atoms with Crippen LogP contribution in [0.4, 0.5) is 5.82 Å². The molecule has 17 heavy (non-hydrogen) atoms. The van der Waals surface area contributed by atoms with Crippen LogP contribution in [0.3, 0.4) is 0 Å². The van der Waals surface area contributed by atoms with Crippen molar-refractivity contribution in [3.63, 3.8) is 0 Å². The van der Waals surface area contributed by atoms with E-state index in [0.717, 1.165) is 12.4 Å². The van der Waals surface area contributed by atoms with Crippen LogP contribution in [0, 0.1) is 11.3 Å². The standard InChI is InChI=1S/C13H18N4/c1-2-17(11-6-4-3-5-7-11)13-12(10-14)15-8-9-16-13/h8-9,11H,2-7H2,1H3. The van der Waals surface area contributed by atoms with Gasteiger partial charge < -0.3 is 4.90 Å². The van der Waals surface area contributed by atoms with Crippen molar-refractivity contribution in [2.75, 3.05) is 11.4 Å². The Labute approximate surface area is 102 Å². The van der Waals surface area contributed by atoms with Crippen molar-refractivity contribution in [3.05, 3.63) is 18.1 Å². The molecule has 1 aromatic rings. The second kappa shape index (κ2) is 5.62. The number of rotatable bonds is 3. The van der Waals surface area contributed by atoms with E-state index >= 15 is 0 Å². The van der Waals surface area contributed by atoms with Gasteiger partial charge >= 0.3 is 0 Å². The molecule has 0 aromatic carbocycles. The van der Waals surface area contributed by atoms with Crippen LogP contribution in [-0.2, 0) is 0 Å². The minimum Gasteiger partial charge on any atom is -0.352 e. The molecule has 1 aliphatic carbocycles. The third-order valence-corrected chi connectivity index (χ3v) is 3.41. The predicted octanol–water partition coefficient (Wildman–Crippen LogP) is 2.51. The second-order valence-electron chi connectivity index (χ2n) is 4.42. The third-order valence-electron chi connectivity index (χ3n) is 3.41. The van der Waals surface area contributed by atoms with E-state index in [1.54, 1.807) is 12.4 Å². The Kier molecular flexibility index (Phi) is 3.92. The zero-order valence-electron chi connectivity index (χ0n) is 10.3. The van der Waals surface area contributed by atoms with E-state index in [1.807, 2.05) is 0 Å². The van der Waals surface area contributed by atoms with E-state index in [2.05, 4.69) is 27.9 Å². The molecule has 1 heterocycles. The van der Waals surface area contributed by atoms with Crippen molar-refractivity contribution in [2.24, 2.45) is 0 Å². The zero-order chi connectivity index (χ0) is 12.1. The first-order chi connectivity index (χ1) is 8.36. The number of nitriles is 1. The fourth-order valence-electron chi connectivity index (χ4n) is 2.59. The summed E-state index contributed by atoms with van der Waals surface area (Å²) in [5.41, 5.74) is 0.444. The minimum absolute atomic E-state index is 0.444. The van der Waals surface area contributed by atoms with Crippen LogP contribution >= 0.6 is 0 Å². The maximum absolute atomic E-state index is 9.08. The van der Waals surface area contributed by atoms with Gasteiger partial charge in [0.15, 0.2) is 11.5 Å². The molecule has 2 rings (SSSR count). The molecule has 0 unspecified atom stereocenters. The maximum Gasteiger partial charge on any atom is 0.183 e. The first-order valence-electron chi connectivity index (χ1n) is 6.34. The van der Waals surface area contributed by atoms with Crippen molar-refractivity contribution in [3.8, 4) is 6.07 Å². The summed E-state index contributed by atoms with van der Waals surface area (Å²) in [5.74, 6) is 0.754. The van der Waals surface area contributed by atoms with Crippen molar-refractivity contribution in [2.45, 2.75) is 45.1 Å². The highest BCUT2D eigenvalue weighted by Crippen LogP contribution is 2.26. The summed E-state index contributed by atoms with van der Waals surface area (Å²) in [6.45, 7) is 3.00. The lowest BCUT2D eigenvalue weighted by molar-refractivity contribution is 0.416. The van der Waals surface area contributed by atoms with Crippen LogP contribution < -0.4 is 4.90 Å². The molecule has 0 bridgehead atoms. The monoisotopic (exact) mass is 230 g/mol. The smallest absolute Gasteiger partial charge is 0.183 e. The van der Waals surface area contributed by atoms with Crippen molar-refractivity contribution >= 4 is 5.82 Å². The van der Waals surface area contributed by atoms with Crippen LogP contribution in [-0.4, -0.2) is 22.6 Å². The van der Waals surface area contributed by atoms with E-state index in [-0.39, 0.29) is 0 Å². The highest BCUT2D eigenvalue weighted by atomic mass is 15.2. The van der Waals surface area contributed by atoms with Gasteiger partial charge in [0.25, 0.3) is 0 Å². The van der Waals surface area contributed by atoms with E-state index < -0.39 is 0 Å². The fraction of sp³-hybridized carbons (Fsp3) is 0.615. The van der Waals surface area contributed by atoms with Gasteiger partial charge in [0.1, 0.15) is 6.07 Å². The zero-order valence-corrected chi connectivity index (χ0v) is 10.3. The van der Waals surface area contributed by atoms with Gasteiger partial charge in [-0.05, 0) is 19.8 Å². The quantitative estimate of drug-likeness (QED) is 0.800. The average Bonchev–Trinajstić information content (AvgIpc) is 2.41. The van der Waals surface area contributed by atoms with Gasteiger partial charge in [0.2, 0.25) is 0 Å². The molecule has 0 radical (unpaired) electrons. The molecule has 0 aliphatic heterocycles. The largest absolute Gasteiger partial charge is 0.352 e. The van der Waals surface area contributed by atoms with E-state index in [9.17, 15) is 0 Å². The molecule has 1 saturated carbocycles. The molecule has 0 amide bonds. The summed E-state index contributed by atoms with van der Waals surface area (Å²) in [5, 5.41) is 9.08. The number of hydrogen-bond acceptors (Lipinski definition) is 4. The normalized spacial score (nSPS) is 16.5. The molecule has 4 heteroatoms. The van der Waals surface area contributed by atoms with Gasteiger partial charge in [-0.1, -0.05) is 19.3 Å². The van der Waals surface area contributed by atoms with E-state index in [1.165, 1.54) is 32.1 Å². The number of nitrogens with zero attached hydrogens (tertiary/aromatic N) is 4. The molecule has 4 nitrogen and oxygen atoms in total. The lowest BCUT2D eigenvalue weighted by Gasteiger charge is -2.34. The Morgan fingerprint density at radius 2 is 2.00 bits per heavy atom.